The van der Waals surface area contributed by atoms with E-state index >= 15 is 0 Å². The summed E-state index contributed by atoms with van der Waals surface area (Å²) in [7, 11) is 0. The fraction of sp³-hybridized carbons (Fsp3) is 1.00. The van der Waals surface area contributed by atoms with Gasteiger partial charge in [0.25, 0.3) is 0 Å². The van der Waals surface area contributed by atoms with Crippen LogP contribution >= 0.6 is 0 Å². The third kappa shape index (κ3) is 4.10. The van der Waals surface area contributed by atoms with Crippen LogP contribution in [0.5, 0.6) is 0 Å². The predicted molar refractivity (Wildman–Crippen MR) is 54.4 cm³/mol. The van der Waals surface area contributed by atoms with Crippen molar-refractivity contribution in [3.8, 4) is 0 Å². The average molecular weight is 169 g/mol. The van der Waals surface area contributed by atoms with Crippen LogP contribution < -0.4 is 5.32 Å². The van der Waals surface area contributed by atoms with Crippen LogP contribution in [0.15, 0.2) is 0 Å². The first-order chi connectivity index (χ1) is 5.77. The first-order valence-corrected chi connectivity index (χ1v) is 5.47. The molecule has 1 N–H and O–H groups in total. The van der Waals surface area contributed by atoms with Crippen molar-refractivity contribution in [2.24, 2.45) is 5.41 Å². The van der Waals surface area contributed by atoms with Gasteiger partial charge in [-0.2, -0.15) is 0 Å². The number of hydrogen-bond donors (Lipinski definition) is 1. The summed E-state index contributed by atoms with van der Waals surface area (Å²) in [5.41, 5.74) is 0.685. The lowest BCUT2D eigenvalue weighted by atomic mass is 10.1. The average Bonchev–Trinajstić information content (AvgIpc) is 2.77. The highest BCUT2D eigenvalue weighted by Crippen LogP contribution is 2.43. The Labute approximate surface area is 76.9 Å². The molecule has 72 valence electrons. The molecule has 1 aliphatic rings. The topological polar surface area (TPSA) is 12.0 Å². The number of nitrogens with one attached hydrogen (secondary N) is 1. The summed E-state index contributed by atoms with van der Waals surface area (Å²) in [6, 6.07) is 0. The molecular formula is C11H23N. The maximum Gasteiger partial charge on any atom is 0.000517 e. The molecule has 0 aromatic rings. The molecule has 1 rings (SSSR count). The van der Waals surface area contributed by atoms with Crippen LogP contribution in [0.4, 0.5) is 0 Å². The van der Waals surface area contributed by atoms with Gasteiger partial charge < -0.3 is 5.32 Å². The molecule has 0 saturated heterocycles. The lowest BCUT2D eigenvalue weighted by Crippen LogP contribution is -2.22. The quantitative estimate of drug-likeness (QED) is 0.578. The molecule has 0 amide bonds. The van der Waals surface area contributed by atoms with E-state index in [1.807, 2.05) is 0 Å². The standard InChI is InChI=1S/C11H23N/c1-3-4-5-6-9-12-10-11(2)7-8-11/h12H,3-10H2,1-2H3. The zero-order chi connectivity index (χ0) is 8.86. The Morgan fingerprint density at radius 3 is 2.50 bits per heavy atom. The Hall–Kier alpha value is -0.0400. The van der Waals surface area contributed by atoms with E-state index in [1.54, 1.807) is 0 Å². The second kappa shape index (κ2) is 4.86. The maximum absolute atomic E-state index is 3.55. The van der Waals surface area contributed by atoms with Crippen LogP contribution in [0.25, 0.3) is 0 Å². The van der Waals surface area contributed by atoms with Gasteiger partial charge in [-0.05, 0) is 31.2 Å². The molecule has 1 saturated carbocycles. The lowest BCUT2D eigenvalue weighted by Gasteiger charge is -2.09. The molecule has 0 bridgehead atoms. The van der Waals surface area contributed by atoms with Gasteiger partial charge in [-0.15, -0.1) is 0 Å². The van der Waals surface area contributed by atoms with E-state index in [2.05, 4.69) is 19.2 Å². The zero-order valence-corrected chi connectivity index (χ0v) is 8.66. The minimum Gasteiger partial charge on any atom is -0.316 e. The van der Waals surface area contributed by atoms with Gasteiger partial charge in [-0.3, -0.25) is 0 Å². The van der Waals surface area contributed by atoms with Gasteiger partial charge >= 0.3 is 0 Å². The van der Waals surface area contributed by atoms with Crippen molar-refractivity contribution >= 4 is 0 Å². The molecule has 0 radical (unpaired) electrons. The molecule has 0 atom stereocenters. The Kier molecular flexibility index (Phi) is 4.07. The van der Waals surface area contributed by atoms with Gasteiger partial charge in [-0.25, -0.2) is 0 Å². The summed E-state index contributed by atoms with van der Waals surface area (Å²) < 4.78 is 0. The second-order valence-electron chi connectivity index (χ2n) is 4.55. The molecule has 1 nitrogen and oxygen atoms in total. The van der Waals surface area contributed by atoms with E-state index in [9.17, 15) is 0 Å². The molecule has 12 heavy (non-hydrogen) atoms. The van der Waals surface area contributed by atoms with Crippen molar-refractivity contribution in [3.63, 3.8) is 0 Å². The van der Waals surface area contributed by atoms with Crippen LogP contribution in [-0.2, 0) is 0 Å². The van der Waals surface area contributed by atoms with Crippen molar-refractivity contribution in [2.75, 3.05) is 13.1 Å². The Morgan fingerprint density at radius 2 is 1.92 bits per heavy atom. The highest BCUT2D eigenvalue weighted by molar-refractivity contribution is 4.90. The first-order valence-electron chi connectivity index (χ1n) is 5.47. The smallest absolute Gasteiger partial charge is 0.000517 e. The van der Waals surface area contributed by atoms with Gasteiger partial charge in [0.05, 0.1) is 0 Å². The SMILES string of the molecule is CCCCCCNCC1(C)CC1. The summed E-state index contributed by atoms with van der Waals surface area (Å²) in [5, 5.41) is 3.55. The van der Waals surface area contributed by atoms with Crippen molar-refractivity contribution in [2.45, 2.75) is 52.4 Å². The third-order valence-corrected chi connectivity index (χ3v) is 2.86. The molecule has 0 heterocycles. The summed E-state index contributed by atoms with van der Waals surface area (Å²) >= 11 is 0. The summed E-state index contributed by atoms with van der Waals surface area (Å²) in [6.07, 6.45) is 8.39. The second-order valence-corrected chi connectivity index (χ2v) is 4.55. The van der Waals surface area contributed by atoms with Gasteiger partial charge in [0.15, 0.2) is 0 Å². The Bertz CT molecular complexity index is 116. The molecule has 1 fully saturated rings. The summed E-state index contributed by atoms with van der Waals surface area (Å²) in [4.78, 5) is 0. The fourth-order valence-corrected chi connectivity index (χ4v) is 1.46. The van der Waals surface area contributed by atoms with Gasteiger partial charge in [0, 0.05) is 6.54 Å². The molecule has 0 unspecified atom stereocenters. The zero-order valence-electron chi connectivity index (χ0n) is 8.66. The highest BCUT2D eigenvalue weighted by Gasteiger charge is 2.36. The van der Waals surface area contributed by atoms with Crippen molar-refractivity contribution in [3.05, 3.63) is 0 Å². The molecule has 0 aromatic heterocycles. The van der Waals surface area contributed by atoms with Crippen LogP contribution in [0, 0.1) is 5.41 Å². The van der Waals surface area contributed by atoms with E-state index in [4.69, 9.17) is 0 Å². The third-order valence-electron chi connectivity index (χ3n) is 2.86. The molecule has 1 heteroatoms. The minimum absolute atomic E-state index is 0.685. The highest BCUT2D eigenvalue weighted by atomic mass is 14.9. The normalized spacial score (nSPS) is 19.5. The van der Waals surface area contributed by atoms with E-state index < -0.39 is 0 Å². The number of hydrogen-bond acceptors (Lipinski definition) is 1. The molecule has 0 aliphatic heterocycles. The molecule has 0 aromatic carbocycles. The lowest BCUT2D eigenvalue weighted by molar-refractivity contribution is 0.487. The summed E-state index contributed by atoms with van der Waals surface area (Å²) in [6.45, 7) is 7.12. The van der Waals surface area contributed by atoms with Gasteiger partial charge in [-0.1, -0.05) is 33.1 Å². The van der Waals surface area contributed by atoms with E-state index in [0.717, 1.165) is 0 Å². The van der Waals surface area contributed by atoms with Gasteiger partial charge in [0.1, 0.15) is 0 Å². The molecule has 0 spiro atoms. The van der Waals surface area contributed by atoms with Crippen molar-refractivity contribution in [1.29, 1.82) is 0 Å². The Balaban J connectivity index is 1.77. The maximum atomic E-state index is 3.55. The predicted octanol–water partition coefficient (Wildman–Crippen LogP) is 2.96. The Morgan fingerprint density at radius 1 is 1.17 bits per heavy atom. The largest absolute Gasteiger partial charge is 0.316 e. The summed E-state index contributed by atoms with van der Waals surface area (Å²) in [5.74, 6) is 0. The molecule has 1 aliphatic carbocycles. The van der Waals surface area contributed by atoms with E-state index in [1.165, 1.54) is 51.6 Å². The monoisotopic (exact) mass is 169 g/mol. The first kappa shape index (κ1) is 10.0. The number of rotatable bonds is 7. The molecular weight excluding hydrogens is 146 g/mol. The van der Waals surface area contributed by atoms with E-state index in [-0.39, 0.29) is 0 Å². The van der Waals surface area contributed by atoms with Crippen molar-refractivity contribution < 1.29 is 0 Å². The minimum atomic E-state index is 0.685. The van der Waals surface area contributed by atoms with E-state index in [0.29, 0.717) is 5.41 Å². The van der Waals surface area contributed by atoms with Crippen LogP contribution in [0.3, 0.4) is 0 Å². The fourth-order valence-electron chi connectivity index (χ4n) is 1.46. The number of unbranched alkanes of at least 4 members (excludes halogenated alkanes) is 3. The van der Waals surface area contributed by atoms with Gasteiger partial charge in [0.2, 0.25) is 0 Å². The van der Waals surface area contributed by atoms with Crippen LogP contribution in [0.1, 0.15) is 52.4 Å². The van der Waals surface area contributed by atoms with Crippen molar-refractivity contribution in [1.82, 2.24) is 5.32 Å². The van der Waals surface area contributed by atoms with Crippen LogP contribution in [0.2, 0.25) is 0 Å². The van der Waals surface area contributed by atoms with Crippen LogP contribution in [-0.4, -0.2) is 13.1 Å².